The van der Waals surface area contributed by atoms with Gasteiger partial charge in [-0.2, -0.15) is 18.3 Å². The molecule has 0 spiro atoms. The lowest BCUT2D eigenvalue weighted by molar-refractivity contribution is -0.142. The Hall–Kier alpha value is -3.33. The van der Waals surface area contributed by atoms with Crippen LogP contribution in [-0.4, -0.2) is 33.8 Å². The van der Waals surface area contributed by atoms with E-state index in [1.807, 2.05) is 0 Å². The van der Waals surface area contributed by atoms with Gasteiger partial charge < -0.3 is 9.47 Å². The number of hydrogen-bond donors (Lipinski definition) is 0. The molecule has 0 saturated carbocycles. The highest BCUT2D eigenvalue weighted by Crippen LogP contribution is 2.36. The molecular weight excluding hydrogens is 421 g/mol. The molecule has 0 aliphatic rings. The van der Waals surface area contributed by atoms with Gasteiger partial charge in [-0.3, -0.25) is 0 Å². The second kappa shape index (κ2) is 7.49. The van der Waals surface area contributed by atoms with Crippen LogP contribution in [0.5, 0.6) is 11.5 Å². The summed E-state index contributed by atoms with van der Waals surface area (Å²) in [5.74, 6) is 0.838. The van der Waals surface area contributed by atoms with Crippen LogP contribution in [0.4, 0.5) is 13.2 Å². The third-order valence-corrected chi connectivity index (χ3v) is 4.63. The van der Waals surface area contributed by atoms with Crippen molar-refractivity contribution < 1.29 is 22.6 Å². The number of fused-ring (bicyclic) bond motifs is 1. The van der Waals surface area contributed by atoms with Crippen molar-refractivity contribution in [2.75, 3.05) is 14.2 Å². The number of halogens is 4. The van der Waals surface area contributed by atoms with Gasteiger partial charge in [-0.1, -0.05) is 11.6 Å². The van der Waals surface area contributed by atoms with E-state index in [1.54, 1.807) is 24.3 Å². The van der Waals surface area contributed by atoms with Gasteiger partial charge in [-0.05, 0) is 36.4 Å². The Labute approximate surface area is 173 Å². The average Bonchev–Trinajstić information content (AvgIpc) is 3.16. The lowest BCUT2D eigenvalue weighted by Gasteiger charge is -2.12. The Kier molecular flexibility index (Phi) is 4.98. The molecule has 10 heteroatoms. The highest BCUT2D eigenvalue weighted by atomic mass is 35.5. The van der Waals surface area contributed by atoms with Crippen molar-refractivity contribution in [3.05, 3.63) is 59.5 Å². The van der Waals surface area contributed by atoms with Crippen LogP contribution < -0.4 is 9.47 Å². The molecule has 30 heavy (non-hydrogen) atoms. The minimum absolute atomic E-state index is 0.0394. The largest absolute Gasteiger partial charge is 0.493 e. The van der Waals surface area contributed by atoms with Crippen LogP contribution in [0.25, 0.3) is 28.2 Å². The van der Waals surface area contributed by atoms with Crippen molar-refractivity contribution in [1.82, 2.24) is 19.6 Å². The minimum atomic E-state index is -4.65. The van der Waals surface area contributed by atoms with E-state index >= 15 is 0 Å². The summed E-state index contributed by atoms with van der Waals surface area (Å²) in [6, 6.07) is 10.3. The van der Waals surface area contributed by atoms with E-state index in [1.165, 1.54) is 32.5 Å². The topological polar surface area (TPSA) is 61.5 Å². The van der Waals surface area contributed by atoms with Crippen LogP contribution in [0.15, 0.2) is 48.7 Å². The number of pyridine rings is 1. The van der Waals surface area contributed by atoms with Crippen LogP contribution in [0, 0.1) is 0 Å². The van der Waals surface area contributed by atoms with Gasteiger partial charge in [0.2, 0.25) is 0 Å². The van der Waals surface area contributed by atoms with E-state index in [9.17, 15) is 13.2 Å². The number of benzene rings is 1. The molecule has 4 rings (SSSR count). The second-order valence-corrected chi connectivity index (χ2v) is 6.65. The first-order chi connectivity index (χ1) is 14.3. The van der Waals surface area contributed by atoms with E-state index < -0.39 is 11.9 Å². The Balaban J connectivity index is 1.92. The van der Waals surface area contributed by atoms with Gasteiger partial charge in [-0.15, -0.1) is 0 Å². The maximum Gasteiger partial charge on any atom is 0.433 e. The summed E-state index contributed by atoms with van der Waals surface area (Å²) in [4.78, 5) is 8.25. The predicted octanol–water partition coefficient (Wildman–Crippen LogP) is 5.15. The molecule has 0 amide bonds. The van der Waals surface area contributed by atoms with Gasteiger partial charge in [0, 0.05) is 23.4 Å². The molecular formula is C20H14ClF3N4O2. The fourth-order valence-electron chi connectivity index (χ4n) is 3.02. The van der Waals surface area contributed by atoms with Gasteiger partial charge >= 0.3 is 6.18 Å². The molecule has 0 atom stereocenters. The van der Waals surface area contributed by atoms with Crippen LogP contribution in [0.3, 0.4) is 0 Å². The maximum atomic E-state index is 13.8. The molecule has 0 aliphatic heterocycles. The van der Waals surface area contributed by atoms with Crippen LogP contribution >= 0.6 is 11.6 Å². The normalized spacial score (nSPS) is 11.7. The van der Waals surface area contributed by atoms with Crippen molar-refractivity contribution in [3.63, 3.8) is 0 Å². The Morgan fingerprint density at radius 1 is 0.900 bits per heavy atom. The quantitative estimate of drug-likeness (QED) is 0.416. The van der Waals surface area contributed by atoms with Gasteiger partial charge in [0.1, 0.15) is 5.15 Å². The van der Waals surface area contributed by atoms with Crippen molar-refractivity contribution in [2.24, 2.45) is 0 Å². The Morgan fingerprint density at radius 2 is 1.63 bits per heavy atom. The number of nitrogens with zero attached hydrogens (tertiary/aromatic N) is 4. The molecule has 0 fully saturated rings. The molecule has 3 heterocycles. The first-order valence-corrected chi connectivity index (χ1v) is 9.00. The third-order valence-electron chi connectivity index (χ3n) is 4.42. The SMILES string of the molecule is COc1ccc(-c2cc(C(F)(F)F)n3nc(-c4ccnc(Cl)c4)cc3n2)cc1OC. The highest BCUT2D eigenvalue weighted by Gasteiger charge is 2.35. The number of hydrogen-bond acceptors (Lipinski definition) is 5. The first-order valence-electron chi connectivity index (χ1n) is 8.62. The average molecular weight is 435 g/mol. The fraction of sp³-hybridized carbons (Fsp3) is 0.150. The van der Waals surface area contributed by atoms with Gasteiger partial charge in [0.15, 0.2) is 22.8 Å². The zero-order valence-electron chi connectivity index (χ0n) is 15.7. The lowest BCUT2D eigenvalue weighted by atomic mass is 10.1. The summed E-state index contributed by atoms with van der Waals surface area (Å²) in [6.45, 7) is 0. The molecule has 0 saturated heterocycles. The molecule has 1 aromatic carbocycles. The van der Waals surface area contributed by atoms with Crippen molar-refractivity contribution in [2.45, 2.75) is 6.18 Å². The molecule has 0 aliphatic carbocycles. The number of ether oxygens (including phenoxy) is 2. The summed E-state index contributed by atoms with van der Waals surface area (Å²) in [6.07, 6.45) is -3.19. The monoisotopic (exact) mass is 434 g/mol. The van der Waals surface area contributed by atoms with Gasteiger partial charge in [0.05, 0.1) is 25.6 Å². The van der Waals surface area contributed by atoms with E-state index in [0.717, 1.165) is 10.6 Å². The smallest absolute Gasteiger partial charge is 0.433 e. The Morgan fingerprint density at radius 3 is 2.30 bits per heavy atom. The minimum Gasteiger partial charge on any atom is -0.493 e. The third kappa shape index (κ3) is 3.63. The first kappa shape index (κ1) is 20.0. The number of methoxy groups -OCH3 is 2. The second-order valence-electron chi connectivity index (χ2n) is 6.26. The highest BCUT2D eigenvalue weighted by molar-refractivity contribution is 6.29. The molecule has 4 aromatic rings. The van der Waals surface area contributed by atoms with Gasteiger partial charge in [0.25, 0.3) is 0 Å². The summed E-state index contributed by atoms with van der Waals surface area (Å²) in [7, 11) is 2.92. The number of alkyl halides is 3. The zero-order valence-corrected chi connectivity index (χ0v) is 16.5. The molecule has 0 unspecified atom stereocenters. The molecule has 154 valence electrons. The molecule has 6 nitrogen and oxygen atoms in total. The van der Waals surface area contributed by atoms with E-state index in [2.05, 4.69) is 15.1 Å². The molecule has 3 aromatic heterocycles. The lowest BCUT2D eigenvalue weighted by Crippen LogP contribution is -2.13. The van der Waals surface area contributed by atoms with Crippen LogP contribution in [0.2, 0.25) is 5.15 Å². The van der Waals surface area contributed by atoms with E-state index in [4.69, 9.17) is 21.1 Å². The van der Waals surface area contributed by atoms with Crippen molar-refractivity contribution in [1.29, 1.82) is 0 Å². The van der Waals surface area contributed by atoms with Crippen molar-refractivity contribution >= 4 is 17.2 Å². The Bertz CT molecular complexity index is 1240. The number of rotatable bonds is 4. The summed E-state index contributed by atoms with van der Waals surface area (Å²) in [5, 5.41) is 4.30. The zero-order chi connectivity index (χ0) is 21.5. The predicted molar refractivity (Wildman–Crippen MR) is 105 cm³/mol. The van der Waals surface area contributed by atoms with Crippen molar-refractivity contribution in [3.8, 4) is 34.0 Å². The van der Waals surface area contributed by atoms with E-state index in [-0.39, 0.29) is 16.5 Å². The molecule has 0 N–H and O–H groups in total. The maximum absolute atomic E-state index is 13.8. The van der Waals surface area contributed by atoms with Crippen LogP contribution in [0.1, 0.15) is 5.69 Å². The number of aromatic nitrogens is 4. The molecule has 0 radical (unpaired) electrons. The standard InChI is InChI=1S/C20H14ClF3N4O2/c1-29-15-4-3-11(7-16(15)30-2)13-9-17(20(22,23)24)28-19(26-13)10-14(27-28)12-5-6-25-18(21)8-12/h3-10H,1-2H3. The van der Waals surface area contributed by atoms with Gasteiger partial charge in [-0.25, -0.2) is 14.5 Å². The van der Waals surface area contributed by atoms with E-state index in [0.29, 0.717) is 28.3 Å². The summed E-state index contributed by atoms with van der Waals surface area (Å²) < 4.78 is 52.6. The van der Waals surface area contributed by atoms with Crippen LogP contribution in [-0.2, 0) is 6.18 Å². The summed E-state index contributed by atoms with van der Waals surface area (Å²) in [5.41, 5.74) is 0.467. The molecule has 0 bridgehead atoms. The fourth-order valence-corrected chi connectivity index (χ4v) is 3.20. The summed E-state index contributed by atoms with van der Waals surface area (Å²) >= 11 is 5.89.